The van der Waals surface area contributed by atoms with E-state index >= 15 is 0 Å². The average Bonchev–Trinajstić information content (AvgIpc) is 2.54. The van der Waals surface area contributed by atoms with Crippen LogP contribution in [0.25, 0.3) is 0 Å². The number of hydrogen-bond donors (Lipinski definition) is 0. The van der Waals surface area contributed by atoms with Crippen LogP contribution in [0.2, 0.25) is 0 Å². The fourth-order valence-electron chi connectivity index (χ4n) is 3.52. The Labute approximate surface area is 142 Å². The van der Waals surface area contributed by atoms with Gasteiger partial charge in [-0.05, 0) is 18.1 Å². The van der Waals surface area contributed by atoms with Gasteiger partial charge in [0.15, 0.2) is 5.78 Å². The van der Waals surface area contributed by atoms with Crippen molar-refractivity contribution >= 4 is 11.7 Å². The largest absolute Gasteiger partial charge is 0.497 e. The Morgan fingerprint density at radius 2 is 2.04 bits per heavy atom. The average molecular weight is 331 g/mol. The molecular formula is C19H25NO4. The Morgan fingerprint density at radius 1 is 1.33 bits per heavy atom. The van der Waals surface area contributed by atoms with E-state index in [-0.39, 0.29) is 11.7 Å². The molecule has 5 heteroatoms. The standard InChI is InChI=1S/C19H25NO4/c1-13(2)10-18(22)20-8-6-19(7-9-20)12-16(21)15-5-4-14(23-3)11-17(15)24-19/h4-5,11,13H,6-10,12H2,1-3H3. The van der Waals surface area contributed by atoms with E-state index in [1.807, 2.05) is 4.90 Å². The molecule has 0 aromatic heterocycles. The third-order valence-electron chi connectivity index (χ3n) is 4.91. The summed E-state index contributed by atoms with van der Waals surface area (Å²) in [5, 5.41) is 0. The van der Waals surface area contributed by atoms with E-state index in [2.05, 4.69) is 13.8 Å². The number of ketones is 1. The van der Waals surface area contributed by atoms with E-state index in [0.29, 0.717) is 61.8 Å². The highest BCUT2D eigenvalue weighted by Crippen LogP contribution is 2.40. The van der Waals surface area contributed by atoms with Gasteiger partial charge >= 0.3 is 0 Å². The Kier molecular flexibility index (Phi) is 4.52. The zero-order valence-electron chi connectivity index (χ0n) is 14.6. The van der Waals surface area contributed by atoms with Crippen molar-refractivity contribution in [1.82, 2.24) is 4.90 Å². The number of Topliss-reactive ketones (excluding diaryl/α,β-unsaturated/α-hetero) is 1. The highest BCUT2D eigenvalue weighted by molar-refractivity contribution is 6.00. The monoisotopic (exact) mass is 331 g/mol. The van der Waals surface area contributed by atoms with Crippen molar-refractivity contribution in [2.45, 2.75) is 45.1 Å². The number of benzene rings is 1. The molecule has 3 rings (SSSR count). The van der Waals surface area contributed by atoms with Crippen molar-refractivity contribution in [3.63, 3.8) is 0 Å². The molecule has 1 spiro atoms. The molecule has 0 N–H and O–H groups in total. The normalized spacial score (nSPS) is 19.2. The zero-order chi connectivity index (χ0) is 17.3. The van der Waals surface area contributed by atoms with Crippen molar-refractivity contribution in [2.75, 3.05) is 20.2 Å². The summed E-state index contributed by atoms with van der Waals surface area (Å²) >= 11 is 0. The molecule has 0 unspecified atom stereocenters. The molecule has 1 fully saturated rings. The summed E-state index contributed by atoms with van der Waals surface area (Å²) in [7, 11) is 1.60. The van der Waals surface area contributed by atoms with Crippen LogP contribution < -0.4 is 9.47 Å². The first-order valence-electron chi connectivity index (χ1n) is 8.60. The van der Waals surface area contributed by atoms with Gasteiger partial charge in [-0.2, -0.15) is 0 Å². The minimum atomic E-state index is -0.481. The first kappa shape index (κ1) is 16.8. The molecule has 1 aromatic carbocycles. The molecule has 0 atom stereocenters. The third-order valence-corrected chi connectivity index (χ3v) is 4.91. The van der Waals surface area contributed by atoms with Crippen molar-refractivity contribution in [1.29, 1.82) is 0 Å². The SMILES string of the molecule is COc1ccc2c(c1)OC1(CCN(C(=O)CC(C)C)CC1)CC2=O. The molecule has 1 saturated heterocycles. The number of rotatable bonds is 3. The third kappa shape index (κ3) is 3.25. The van der Waals surface area contributed by atoms with E-state index in [0.717, 1.165) is 0 Å². The number of piperidine rings is 1. The van der Waals surface area contributed by atoms with Crippen LogP contribution in [0.4, 0.5) is 0 Å². The van der Waals surface area contributed by atoms with Crippen molar-refractivity contribution in [3.8, 4) is 11.5 Å². The molecule has 2 aliphatic rings. The van der Waals surface area contributed by atoms with Gasteiger partial charge < -0.3 is 14.4 Å². The van der Waals surface area contributed by atoms with Gasteiger partial charge in [0.25, 0.3) is 0 Å². The fourth-order valence-corrected chi connectivity index (χ4v) is 3.52. The molecule has 0 aliphatic carbocycles. The molecule has 5 nitrogen and oxygen atoms in total. The predicted molar refractivity (Wildman–Crippen MR) is 90.6 cm³/mol. The molecule has 0 bridgehead atoms. The summed E-state index contributed by atoms with van der Waals surface area (Å²) in [6, 6.07) is 5.33. The predicted octanol–water partition coefficient (Wildman–Crippen LogP) is 3.07. The van der Waals surface area contributed by atoms with Gasteiger partial charge in [0.1, 0.15) is 17.1 Å². The molecular weight excluding hydrogens is 306 g/mol. The number of hydrogen-bond acceptors (Lipinski definition) is 4. The lowest BCUT2D eigenvalue weighted by molar-refractivity contribution is -0.135. The number of methoxy groups -OCH3 is 1. The van der Waals surface area contributed by atoms with Gasteiger partial charge in [0.2, 0.25) is 5.91 Å². The lowest BCUT2D eigenvalue weighted by Crippen LogP contribution is -2.52. The van der Waals surface area contributed by atoms with Gasteiger partial charge in [0.05, 0.1) is 19.1 Å². The number of likely N-dealkylation sites (tertiary alicyclic amines) is 1. The number of fused-ring (bicyclic) bond motifs is 1. The van der Waals surface area contributed by atoms with E-state index in [1.165, 1.54) is 0 Å². The van der Waals surface area contributed by atoms with Gasteiger partial charge in [-0.25, -0.2) is 0 Å². The van der Waals surface area contributed by atoms with Crippen LogP contribution in [0.3, 0.4) is 0 Å². The molecule has 1 amide bonds. The first-order chi connectivity index (χ1) is 11.4. The van der Waals surface area contributed by atoms with Crippen LogP contribution in [0.1, 0.15) is 49.9 Å². The number of ether oxygens (including phenoxy) is 2. The van der Waals surface area contributed by atoms with Gasteiger partial charge in [-0.15, -0.1) is 0 Å². The second-order valence-electron chi connectivity index (χ2n) is 7.23. The first-order valence-corrected chi connectivity index (χ1v) is 8.60. The molecule has 2 aliphatic heterocycles. The highest BCUT2D eigenvalue weighted by Gasteiger charge is 2.43. The summed E-state index contributed by atoms with van der Waals surface area (Å²) in [6.45, 7) is 5.41. The van der Waals surface area contributed by atoms with E-state index < -0.39 is 5.60 Å². The molecule has 1 aromatic rings. The Bertz CT molecular complexity index is 645. The molecule has 24 heavy (non-hydrogen) atoms. The van der Waals surface area contributed by atoms with E-state index in [4.69, 9.17) is 9.47 Å². The minimum Gasteiger partial charge on any atom is -0.497 e. The van der Waals surface area contributed by atoms with Crippen molar-refractivity contribution < 1.29 is 19.1 Å². The maximum Gasteiger partial charge on any atom is 0.222 e. The maximum absolute atomic E-state index is 12.5. The van der Waals surface area contributed by atoms with E-state index in [9.17, 15) is 9.59 Å². The fraction of sp³-hybridized carbons (Fsp3) is 0.579. The number of nitrogens with zero attached hydrogens (tertiary/aromatic N) is 1. The van der Waals surface area contributed by atoms with Crippen LogP contribution in [-0.4, -0.2) is 42.4 Å². The van der Waals surface area contributed by atoms with Crippen LogP contribution in [0, 0.1) is 5.92 Å². The van der Waals surface area contributed by atoms with Crippen LogP contribution in [0.5, 0.6) is 11.5 Å². The summed E-state index contributed by atoms with van der Waals surface area (Å²) in [5.41, 5.74) is 0.144. The van der Waals surface area contributed by atoms with Crippen LogP contribution >= 0.6 is 0 Å². The quantitative estimate of drug-likeness (QED) is 0.854. The minimum absolute atomic E-state index is 0.112. The Hall–Kier alpha value is -2.04. The Morgan fingerprint density at radius 3 is 2.67 bits per heavy atom. The summed E-state index contributed by atoms with van der Waals surface area (Å²) in [6.07, 6.45) is 2.35. The van der Waals surface area contributed by atoms with Gasteiger partial charge in [-0.3, -0.25) is 9.59 Å². The molecule has 0 saturated carbocycles. The van der Waals surface area contributed by atoms with Gasteiger partial charge in [-0.1, -0.05) is 13.8 Å². The lowest BCUT2D eigenvalue weighted by Gasteiger charge is -2.44. The van der Waals surface area contributed by atoms with E-state index in [1.54, 1.807) is 25.3 Å². The molecule has 2 heterocycles. The highest BCUT2D eigenvalue weighted by atomic mass is 16.5. The maximum atomic E-state index is 12.5. The van der Waals surface area contributed by atoms with Crippen molar-refractivity contribution in [3.05, 3.63) is 23.8 Å². The molecule has 130 valence electrons. The zero-order valence-corrected chi connectivity index (χ0v) is 14.6. The van der Waals surface area contributed by atoms with Crippen LogP contribution in [0.15, 0.2) is 18.2 Å². The summed E-state index contributed by atoms with van der Waals surface area (Å²) in [5.74, 6) is 1.96. The second kappa shape index (κ2) is 6.46. The smallest absolute Gasteiger partial charge is 0.222 e. The number of carbonyl (C=O) groups is 2. The van der Waals surface area contributed by atoms with Gasteiger partial charge in [0, 0.05) is 38.4 Å². The number of carbonyl (C=O) groups excluding carboxylic acids is 2. The number of amides is 1. The topological polar surface area (TPSA) is 55.8 Å². The summed E-state index contributed by atoms with van der Waals surface area (Å²) in [4.78, 5) is 26.6. The Balaban J connectivity index is 1.72. The van der Waals surface area contributed by atoms with Crippen LogP contribution in [-0.2, 0) is 4.79 Å². The van der Waals surface area contributed by atoms with Crippen molar-refractivity contribution in [2.24, 2.45) is 5.92 Å². The second-order valence-corrected chi connectivity index (χ2v) is 7.23. The molecule has 0 radical (unpaired) electrons. The lowest BCUT2D eigenvalue weighted by atomic mass is 9.82. The summed E-state index contributed by atoms with van der Waals surface area (Å²) < 4.78 is 11.5.